The van der Waals surface area contributed by atoms with E-state index in [-0.39, 0.29) is 17.7 Å². The minimum Gasteiger partial charge on any atom is -0.356 e. The first-order chi connectivity index (χ1) is 12.6. The van der Waals surface area contributed by atoms with Crippen LogP contribution in [0, 0.1) is 11.8 Å². The molecule has 1 aliphatic carbocycles. The molecule has 1 N–H and O–H groups in total. The molecule has 26 heavy (non-hydrogen) atoms. The number of aryl methyl sites for hydroxylation is 1. The minimum absolute atomic E-state index is 0.0868. The number of piperidine rings is 1. The van der Waals surface area contributed by atoms with Gasteiger partial charge in [0.15, 0.2) is 0 Å². The fourth-order valence-electron chi connectivity index (χ4n) is 3.29. The van der Waals surface area contributed by atoms with Crippen LogP contribution >= 0.6 is 11.3 Å². The van der Waals surface area contributed by atoms with Crippen LogP contribution in [-0.4, -0.2) is 51.1 Å². The average molecular weight is 373 g/mol. The van der Waals surface area contributed by atoms with E-state index < -0.39 is 0 Å². The Kier molecular flexibility index (Phi) is 4.76. The van der Waals surface area contributed by atoms with Gasteiger partial charge in [-0.25, -0.2) is 4.98 Å². The van der Waals surface area contributed by atoms with Gasteiger partial charge in [0.05, 0.1) is 12.1 Å². The molecule has 2 fully saturated rings. The molecule has 0 bridgehead atoms. The summed E-state index contributed by atoms with van der Waals surface area (Å²) in [6.07, 6.45) is 7.77. The third kappa shape index (κ3) is 3.80. The number of thiazole rings is 1. The second-order valence-electron chi connectivity index (χ2n) is 7.22. The molecule has 2 aliphatic rings. The van der Waals surface area contributed by atoms with Gasteiger partial charge in [-0.05, 0) is 31.6 Å². The van der Waals surface area contributed by atoms with Crippen LogP contribution in [0.1, 0.15) is 36.2 Å². The molecule has 0 spiro atoms. The number of nitrogens with zero attached hydrogens (tertiary/aromatic N) is 4. The smallest absolute Gasteiger partial charge is 0.273 e. The first-order valence-electron chi connectivity index (χ1n) is 9.11. The maximum atomic E-state index is 12.8. The summed E-state index contributed by atoms with van der Waals surface area (Å²) in [5, 5.41) is 9.77. The summed E-state index contributed by atoms with van der Waals surface area (Å²) in [4.78, 5) is 31.4. The molecule has 2 aromatic heterocycles. The highest BCUT2D eigenvalue weighted by Crippen LogP contribution is 2.28. The molecule has 0 aromatic carbocycles. The lowest BCUT2D eigenvalue weighted by atomic mass is 9.97. The largest absolute Gasteiger partial charge is 0.356 e. The molecule has 0 radical (unpaired) electrons. The van der Waals surface area contributed by atoms with E-state index in [1.54, 1.807) is 21.2 Å². The molecule has 2 amide bonds. The highest BCUT2D eigenvalue weighted by Gasteiger charge is 2.31. The number of hydrogen-bond donors (Lipinski definition) is 1. The van der Waals surface area contributed by atoms with Gasteiger partial charge in [-0.1, -0.05) is 0 Å². The Hall–Kier alpha value is -2.22. The van der Waals surface area contributed by atoms with Crippen molar-refractivity contribution in [2.75, 3.05) is 19.6 Å². The highest BCUT2D eigenvalue weighted by molar-refractivity contribution is 7.13. The lowest BCUT2D eigenvalue weighted by Crippen LogP contribution is -2.45. The summed E-state index contributed by atoms with van der Waals surface area (Å²) >= 11 is 1.44. The van der Waals surface area contributed by atoms with Crippen LogP contribution in [-0.2, 0) is 11.8 Å². The lowest BCUT2D eigenvalue weighted by molar-refractivity contribution is -0.126. The molecule has 3 heterocycles. The zero-order chi connectivity index (χ0) is 18.1. The van der Waals surface area contributed by atoms with Crippen molar-refractivity contribution in [2.24, 2.45) is 18.9 Å². The van der Waals surface area contributed by atoms with Gasteiger partial charge in [0.1, 0.15) is 10.7 Å². The van der Waals surface area contributed by atoms with Crippen molar-refractivity contribution in [3.05, 3.63) is 23.5 Å². The van der Waals surface area contributed by atoms with Crippen molar-refractivity contribution < 1.29 is 9.59 Å². The number of aromatic nitrogens is 3. The molecule has 1 atom stereocenters. The second-order valence-corrected chi connectivity index (χ2v) is 8.08. The van der Waals surface area contributed by atoms with E-state index >= 15 is 0 Å². The Morgan fingerprint density at radius 3 is 2.92 bits per heavy atom. The predicted molar refractivity (Wildman–Crippen MR) is 98.7 cm³/mol. The summed E-state index contributed by atoms with van der Waals surface area (Å²) < 4.78 is 1.72. The Balaban J connectivity index is 1.39. The minimum atomic E-state index is -0.108. The van der Waals surface area contributed by atoms with Crippen molar-refractivity contribution in [1.29, 1.82) is 0 Å². The molecule has 1 aliphatic heterocycles. The molecule has 8 heteroatoms. The summed E-state index contributed by atoms with van der Waals surface area (Å²) in [5.74, 6) is 0.559. The van der Waals surface area contributed by atoms with E-state index in [1.165, 1.54) is 24.2 Å². The quantitative estimate of drug-likeness (QED) is 0.868. The number of nitrogens with one attached hydrogen (secondary N) is 1. The Bertz CT molecular complexity index is 810. The van der Waals surface area contributed by atoms with Crippen LogP contribution in [0.15, 0.2) is 17.8 Å². The molecule has 1 saturated carbocycles. The van der Waals surface area contributed by atoms with Crippen LogP contribution < -0.4 is 5.32 Å². The molecule has 1 saturated heterocycles. The Labute approximate surface area is 156 Å². The topological polar surface area (TPSA) is 80.1 Å². The van der Waals surface area contributed by atoms with Gasteiger partial charge in [-0.3, -0.25) is 14.3 Å². The van der Waals surface area contributed by atoms with E-state index in [1.807, 2.05) is 13.2 Å². The highest BCUT2D eigenvalue weighted by atomic mass is 32.1. The standard InChI is InChI=1S/C18H23N5O2S/c1-22-9-14(8-20-22)17-21-15(11-26-17)18(25)23-6-2-3-13(10-23)16(24)19-7-12-4-5-12/h8-9,11-13H,2-7,10H2,1H3,(H,19,24). The van der Waals surface area contributed by atoms with Crippen molar-refractivity contribution in [3.8, 4) is 10.6 Å². The molecule has 7 nitrogen and oxygen atoms in total. The van der Waals surface area contributed by atoms with Gasteiger partial charge in [0.2, 0.25) is 5.91 Å². The summed E-state index contributed by atoms with van der Waals surface area (Å²) in [6.45, 7) is 1.95. The number of carbonyl (C=O) groups is 2. The van der Waals surface area contributed by atoms with E-state index in [9.17, 15) is 9.59 Å². The summed E-state index contributed by atoms with van der Waals surface area (Å²) in [5.41, 5.74) is 1.36. The first-order valence-corrected chi connectivity index (χ1v) is 9.99. The van der Waals surface area contributed by atoms with Gasteiger partial charge < -0.3 is 10.2 Å². The third-order valence-electron chi connectivity index (χ3n) is 5.02. The molecule has 1 unspecified atom stereocenters. The van der Waals surface area contributed by atoms with Crippen LogP contribution in [0.4, 0.5) is 0 Å². The average Bonchev–Trinajstić information content (AvgIpc) is 3.17. The Morgan fingerprint density at radius 1 is 1.35 bits per heavy atom. The zero-order valence-electron chi connectivity index (χ0n) is 14.9. The molecule has 138 valence electrons. The second kappa shape index (κ2) is 7.19. The van der Waals surface area contributed by atoms with Gasteiger partial charge >= 0.3 is 0 Å². The molecule has 4 rings (SSSR count). The third-order valence-corrected chi connectivity index (χ3v) is 5.91. The number of rotatable bonds is 5. The van der Waals surface area contributed by atoms with Crippen molar-refractivity contribution in [3.63, 3.8) is 0 Å². The van der Waals surface area contributed by atoms with Gasteiger partial charge in [-0.15, -0.1) is 11.3 Å². The van der Waals surface area contributed by atoms with Gasteiger partial charge in [0.25, 0.3) is 5.91 Å². The Morgan fingerprint density at radius 2 is 2.19 bits per heavy atom. The SMILES string of the molecule is Cn1cc(-c2nc(C(=O)N3CCCC(C(=O)NCC4CC4)C3)cs2)cn1. The van der Waals surface area contributed by atoms with Crippen LogP contribution in [0.5, 0.6) is 0 Å². The zero-order valence-corrected chi connectivity index (χ0v) is 15.7. The van der Waals surface area contributed by atoms with Crippen LogP contribution in [0.25, 0.3) is 10.6 Å². The van der Waals surface area contributed by atoms with Crippen molar-refractivity contribution in [2.45, 2.75) is 25.7 Å². The van der Waals surface area contributed by atoms with Crippen molar-refractivity contribution >= 4 is 23.2 Å². The normalized spacial score (nSPS) is 20.2. The van der Waals surface area contributed by atoms with Gasteiger partial charge in [0, 0.05) is 43.8 Å². The van der Waals surface area contributed by atoms with E-state index in [2.05, 4.69) is 15.4 Å². The fraction of sp³-hybridized carbons (Fsp3) is 0.556. The molecular formula is C18H23N5O2S. The maximum Gasteiger partial charge on any atom is 0.273 e. The van der Waals surface area contributed by atoms with E-state index in [4.69, 9.17) is 0 Å². The predicted octanol–water partition coefficient (Wildman–Crippen LogP) is 1.92. The van der Waals surface area contributed by atoms with Crippen LogP contribution in [0.3, 0.4) is 0 Å². The first kappa shape index (κ1) is 17.2. The van der Waals surface area contributed by atoms with Crippen molar-refractivity contribution in [1.82, 2.24) is 25.0 Å². The number of carbonyl (C=O) groups excluding carboxylic acids is 2. The van der Waals surface area contributed by atoms with Gasteiger partial charge in [-0.2, -0.15) is 5.10 Å². The lowest BCUT2D eigenvalue weighted by Gasteiger charge is -2.31. The maximum absolute atomic E-state index is 12.8. The van der Waals surface area contributed by atoms with E-state index in [0.29, 0.717) is 24.7 Å². The molecular weight excluding hydrogens is 350 g/mol. The van der Waals surface area contributed by atoms with E-state index in [0.717, 1.165) is 30.0 Å². The van der Waals surface area contributed by atoms with Crippen LogP contribution in [0.2, 0.25) is 0 Å². The molecule has 2 aromatic rings. The number of hydrogen-bond acceptors (Lipinski definition) is 5. The monoisotopic (exact) mass is 373 g/mol. The fourth-order valence-corrected chi connectivity index (χ4v) is 4.05. The summed E-state index contributed by atoms with van der Waals surface area (Å²) in [7, 11) is 1.85. The number of likely N-dealkylation sites (tertiary alicyclic amines) is 1. The summed E-state index contributed by atoms with van der Waals surface area (Å²) in [6, 6.07) is 0. The number of amides is 2.